The van der Waals surface area contributed by atoms with Gasteiger partial charge in [-0.25, -0.2) is 14.6 Å². The average Bonchev–Trinajstić information content (AvgIpc) is 2.48. The van der Waals surface area contributed by atoms with Gasteiger partial charge in [0.25, 0.3) is 0 Å². The Morgan fingerprint density at radius 3 is 2.50 bits per heavy atom. The summed E-state index contributed by atoms with van der Waals surface area (Å²) in [5.74, 6) is -2.62. The van der Waals surface area contributed by atoms with Crippen LogP contribution in [0.15, 0.2) is 6.20 Å². The molecule has 1 aromatic rings. The largest absolute Gasteiger partial charge is 0.477 e. The molecule has 0 aliphatic carbocycles. The fourth-order valence-electron chi connectivity index (χ4n) is 1.17. The van der Waals surface area contributed by atoms with Crippen LogP contribution in [0.3, 0.4) is 0 Å². The highest BCUT2D eigenvalue weighted by Gasteiger charge is 2.18. The number of imidazole rings is 1. The molecular formula is C8H10N2O4. The second-order valence-electron chi connectivity index (χ2n) is 2.73. The molecule has 0 aliphatic heterocycles. The van der Waals surface area contributed by atoms with Crippen molar-refractivity contribution in [3.05, 3.63) is 17.7 Å². The average molecular weight is 198 g/mol. The summed E-state index contributed by atoms with van der Waals surface area (Å²) in [6, 6.07) is 0. The summed E-state index contributed by atoms with van der Waals surface area (Å²) < 4.78 is 1.19. The second kappa shape index (κ2) is 3.91. The maximum absolute atomic E-state index is 10.7. The summed E-state index contributed by atoms with van der Waals surface area (Å²) in [5.41, 5.74) is -0.0933. The van der Waals surface area contributed by atoms with E-state index in [9.17, 15) is 9.59 Å². The van der Waals surface area contributed by atoms with Gasteiger partial charge < -0.3 is 14.8 Å². The van der Waals surface area contributed by atoms with E-state index in [1.165, 1.54) is 4.57 Å². The number of nitrogens with zero attached hydrogens (tertiary/aromatic N) is 2. The van der Waals surface area contributed by atoms with Crippen LogP contribution < -0.4 is 0 Å². The van der Waals surface area contributed by atoms with E-state index in [-0.39, 0.29) is 11.5 Å². The van der Waals surface area contributed by atoms with Crippen molar-refractivity contribution in [3.8, 4) is 0 Å². The van der Waals surface area contributed by atoms with Crippen molar-refractivity contribution in [1.29, 1.82) is 0 Å². The Hall–Kier alpha value is -1.85. The maximum atomic E-state index is 10.7. The van der Waals surface area contributed by atoms with Crippen LogP contribution in [0.25, 0.3) is 0 Å². The minimum atomic E-state index is -1.22. The summed E-state index contributed by atoms with van der Waals surface area (Å²) in [4.78, 5) is 24.9. The lowest BCUT2D eigenvalue weighted by atomic mass is 10.4. The van der Waals surface area contributed by atoms with Gasteiger partial charge in [0.2, 0.25) is 5.82 Å². The molecule has 0 radical (unpaired) electrons. The lowest BCUT2D eigenvalue weighted by Gasteiger charge is -2.04. The van der Waals surface area contributed by atoms with Crippen LogP contribution in [0.4, 0.5) is 0 Å². The van der Waals surface area contributed by atoms with Gasteiger partial charge in [0.05, 0.1) is 6.20 Å². The molecule has 6 nitrogen and oxygen atoms in total. The zero-order valence-electron chi connectivity index (χ0n) is 7.60. The SMILES string of the molecule is CCCn1c(C(=O)O)cnc1C(=O)O. The number of rotatable bonds is 4. The van der Waals surface area contributed by atoms with Crippen molar-refractivity contribution in [2.75, 3.05) is 0 Å². The zero-order chi connectivity index (χ0) is 10.7. The van der Waals surface area contributed by atoms with Crippen molar-refractivity contribution in [3.63, 3.8) is 0 Å². The first-order valence-electron chi connectivity index (χ1n) is 4.10. The molecule has 0 spiro atoms. The predicted molar refractivity (Wildman–Crippen MR) is 46.4 cm³/mol. The lowest BCUT2D eigenvalue weighted by Crippen LogP contribution is -2.14. The molecule has 0 saturated carbocycles. The maximum Gasteiger partial charge on any atom is 0.372 e. The number of hydrogen-bond acceptors (Lipinski definition) is 3. The van der Waals surface area contributed by atoms with E-state index in [1.54, 1.807) is 0 Å². The van der Waals surface area contributed by atoms with Crippen LogP contribution in [-0.4, -0.2) is 31.7 Å². The number of carboxylic acids is 2. The fraction of sp³-hybridized carbons (Fsp3) is 0.375. The number of carboxylic acid groups (broad SMARTS) is 2. The fourth-order valence-corrected chi connectivity index (χ4v) is 1.17. The van der Waals surface area contributed by atoms with Gasteiger partial charge in [0.1, 0.15) is 5.69 Å². The first-order valence-corrected chi connectivity index (χ1v) is 4.10. The molecular weight excluding hydrogens is 188 g/mol. The van der Waals surface area contributed by atoms with E-state index < -0.39 is 11.9 Å². The summed E-state index contributed by atoms with van der Waals surface area (Å²) >= 11 is 0. The van der Waals surface area contributed by atoms with E-state index in [1.807, 2.05) is 6.92 Å². The van der Waals surface area contributed by atoms with Crippen molar-refractivity contribution in [2.45, 2.75) is 19.9 Å². The molecule has 0 unspecified atom stereocenters. The van der Waals surface area contributed by atoms with Crippen molar-refractivity contribution in [2.24, 2.45) is 0 Å². The topological polar surface area (TPSA) is 92.4 Å². The third kappa shape index (κ3) is 1.73. The van der Waals surface area contributed by atoms with Crippen molar-refractivity contribution < 1.29 is 19.8 Å². The van der Waals surface area contributed by atoms with E-state index in [0.717, 1.165) is 6.20 Å². The summed E-state index contributed by atoms with van der Waals surface area (Å²) in [6.45, 7) is 2.17. The minimum absolute atomic E-state index is 0.0933. The quantitative estimate of drug-likeness (QED) is 0.742. The number of hydrogen-bond donors (Lipinski definition) is 2. The molecule has 14 heavy (non-hydrogen) atoms. The molecule has 0 bridgehead atoms. The van der Waals surface area contributed by atoms with Crippen molar-refractivity contribution >= 4 is 11.9 Å². The molecule has 0 amide bonds. The molecule has 76 valence electrons. The number of aromatic nitrogens is 2. The van der Waals surface area contributed by atoms with Gasteiger partial charge in [-0.05, 0) is 6.42 Å². The van der Waals surface area contributed by atoms with Gasteiger partial charge in [-0.2, -0.15) is 0 Å². The Labute approximate surface area is 79.8 Å². The molecule has 2 N–H and O–H groups in total. The third-order valence-corrected chi connectivity index (χ3v) is 1.71. The van der Waals surface area contributed by atoms with Crippen LogP contribution in [0, 0.1) is 0 Å². The van der Waals surface area contributed by atoms with Gasteiger partial charge in [-0.3, -0.25) is 0 Å². The van der Waals surface area contributed by atoms with Crippen LogP contribution in [0.5, 0.6) is 0 Å². The molecule has 1 heterocycles. The van der Waals surface area contributed by atoms with Crippen LogP contribution in [-0.2, 0) is 6.54 Å². The highest BCUT2D eigenvalue weighted by molar-refractivity contribution is 5.89. The molecule has 0 atom stereocenters. The number of carbonyl (C=O) groups is 2. The first-order chi connectivity index (χ1) is 6.57. The Bertz CT molecular complexity index is 338. The Balaban J connectivity index is 3.19. The normalized spacial score (nSPS) is 10.1. The predicted octanol–water partition coefficient (Wildman–Crippen LogP) is 0.689. The van der Waals surface area contributed by atoms with E-state index in [4.69, 9.17) is 10.2 Å². The lowest BCUT2D eigenvalue weighted by molar-refractivity contribution is 0.0673. The van der Waals surface area contributed by atoms with E-state index in [2.05, 4.69) is 4.98 Å². The van der Waals surface area contributed by atoms with Crippen molar-refractivity contribution in [1.82, 2.24) is 9.55 Å². The molecule has 0 saturated heterocycles. The van der Waals surface area contributed by atoms with Crippen LogP contribution >= 0.6 is 0 Å². The van der Waals surface area contributed by atoms with Gasteiger partial charge in [-0.1, -0.05) is 6.92 Å². The summed E-state index contributed by atoms with van der Waals surface area (Å²) in [5, 5.41) is 17.4. The van der Waals surface area contributed by atoms with Crippen LogP contribution in [0.1, 0.15) is 34.5 Å². The van der Waals surface area contributed by atoms with E-state index >= 15 is 0 Å². The van der Waals surface area contributed by atoms with E-state index in [0.29, 0.717) is 13.0 Å². The molecule has 0 aliphatic rings. The van der Waals surface area contributed by atoms with Gasteiger partial charge >= 0.3 is 11.9 Å². The zero-order valence-corrected chi connectivity index (χ0v) is 7.60. The number of aromatic carboxylic acids is 2. The Kier molecular flexibility index (Phi) is 2.85. The smallest absolute Gasteiger partial charge is 0.372 e. The molecule has 1 aromatic heterocycles. The Morgan fingerprint density at radius 2 is 2.07 bits per heavy atom. The van der Waals surface area contributed by atoms with Crippen LogP contribution in [0.2, 0.25) is 0 Å². The molecule has 6 heteroatoms. The summed E-state index contributed by atoms with van der Waals surface area (Å²) in [6.07, 6.45) is 1.71. The molecule has 0 fully saturated rings. The monoisotopic (exact) mass is 198 g/mol. The third-order valence-electron chi connectivity index (χ3n) is 1.71. The first kappa shape index (κ1) is 10.2. The Morgan fingerprint density at radius 1 is 1.43 bits per heavy atom. The van der Waals surface area contributed by atoms with Gasteiger partial charge in [0.15, 0.2) is 0 Å². The highest BCUT2D eigenvalue weighted by atomic mass is 16.4. The standard InChI is InChI=1S/C8H10N2O4/c1-2-3-10-5(7(11)12)4-9-6(10)8(13)14/h4H,2-3H2,1H3,(H,11,12)(H,13,14). The molecule has 1 rings (SSSR count). The molecule has 0 aromatic carbocycles. The second-order valence-corrected chi connectivity index (χ2v) is 2.73. The van der Waals surface area contributed by atoms with Gasteiger partial charge in [0, 0.05) is 6.54 Å². The van der Waals surface area contributed by atoms with Gasteiger partial charge in [-0.15, -0.1) is 0 Å². The summed E-state index contributed by atoms with van der Waals surface area (Å²) in [7, 11) is 0. The highest BCUT2D eigenvalue weighted by Crippen LogP contribution is 2.06. The minimum Gasteiger partial charge on any atom is -0.477 e.